The monoisotopic (exact) mass is 284 g/mol. The Morgan fingerprint density at radius 3 is 1.37 bits per heavy atom. The Morgan fingerprint density at radius 2 is 1.11 bits per heavy atom. The molecule has 19 heavy (non-hydrogen) atoms. The van der Waals surface area contributed by atoms with E-state index in [9.17, 15) is 0 Å². The highest BCUT2D eigenvalue weighted by molar-refractivity contribution is 6.71. The van der Waals surface area contributed by atoms with Gasteiger partial charge in [-0.3, -0.25) is 0 Å². The van der Waals surface area contributed by atoms with Crippen LogP contribution in [0, 0.1) is 11.8 Å². The first-order valence-electron chi connectivity index (χ1n) is 8.47. The number of rotatable bonds is 8. The van der Waals surface area contributed by atoms with E-state index in [0.29, 0.717) is 0 Å². The summed E-state index contributed by atoms with van der Waals surface area (Å²) in [6.45, 7) is 10.6. The van der Waals surface area contributed by atoms with Crippen molar-refractivity contribution >= 4 is 8.56 Å². The normalized spacial score (nSPS) is 34.7. The van der Waals surface area contributed by atoms with Crippen molar-refractivity contribution in [2.24, 2.45) is 11.8 Å². The van der Waals surface area contributed by atoms with Gasteiger partial charge in [0.05, 0.1) is 0 Å². The van der Waals surface area contributed by atoms with Crippen LogP contribution in [-0.4, -0.2) is 21.8 Å². The van der Waals surface area contributed by atoms with Crippen molar-refractivity contribution in [3.63, 3.8) is 0 Å². The second-order valence-electron chi connectivity index (χ2n) is 6.47. The standard InChI is InChI=1S/C16H32O2Si/c1-5-13-9-15(10-13)19(17-7-3,18-8-4)16-11-14(6-2)12-16/h13-16H,5-12H2,1-4H3. The fraction of sp³-hybridized carbons (Fsp3) is 1.00. The molecule has 2 aliphatic rings. The van der Waals surface area contributed by atoms with Gasteiger partial charge in [-0.05, 0) is 51.4 Å². The molecular formula is C16H32O2Si. The molecule has 0 aromatic heterocycles. The van der Waals surface area contributed by atoms with Crippen molar-refractivity contribution in [2.45, 2.75) is 77.3 Å². The summed E-state index contributed by atoms with van der Waals surface area (Å²) in [6, 6.07) is 0. The molecule has 0 radical (unpaired) electrons. The minimum Gasteiger partial charge on any atom is -0.394 e. The van der Waals surface area contributed by atoms with Crippen molar-refractivity contribution in [3.05, 3.63) is 0 Å². The largest absolute Gasteiger partial charge is 0.394 e. The molecular weight excluding hydrogens is 252 g/mol. The molecule has 0 amide bonds. The van der Waals surface area contributed by atoms with Crippen LogP contribution in [-0.2, 0) is 8.85 Å². The van der Waals surface area contributed by atoms with Gasteiger partial charge >= 0.3 is 8.56 Å². The third kappa shape index (κ3) is 2.93. The molecule has 2 fully saturated rings. The van der Waals surface area contributed by atoms with E-state index in [1.54, 1.807) is 0 Å². The Labute approximate surface area is 120 Å². The molecule has 0 aliphatic heterocycles. The van der Waals surface area contributed by atoms with Gasteiger partial charge in [0.1, 0.15) is 0 Å². The van der Waals surface area contributed by atoms with Gasteiger partial charge in [0.2, 0.25) is 0 Å². The number of hydrogen-bond acceptors (Lipinski definition) is 2. The van der Waals surface area contributed by atoms with Crippen LogP contribution in [0.5, 0.6) is 0 Å². The number of hydrogen-bond donors (Lipinski definition) is 0. The molecule has 2 rings (SSSR count). The Balaban J connectivity index is 2.03. The molecule has 0 N–H and O–H groups in total. The first-order chi connectivity index (χ1) is 9.20. The van der Waals surface area contributed by atoms with Crippen molar-refractivity contribution in [1.29, 1.82) is 0 Å². The summed E-state index contributed by atoms with van der Waals surface area (Å²) in [5.41, 5.74) is 1.56. The van der Waals surface area contributed by atoms with Crippen LogP contribution in [0.15, 0.2) is 0 Å². The molecule has 2 aliphatic carbocycles. The lowest BCUT2D eigenvalue weighted by atomic mass is 9.82. The summed E-state index contributed by atoms with van der Waals surface area (Å²) in [4.78, 5) is 0. The smallest absolute Gasteiger partial charge is 0.344 e. The molecule has 0 bridgehead atoms. The predicted molar refractivity (Wildman–Crippen MR) is 82.5 cm³/mol. The SMILES string of the molecule is CCO[Si](OCC)(C1CC(CC)C1)C1CC(CC)C1. The minimum atomic E-state index is -1.94. The van der Waals surface area contributed by atoms with E-state index in [4.69, 9.17) is 8.85 Å². The van der Waals surface area contributed by atoms with E-state index in [2.05, 4.69) is 27.7 Å². The average Bonchev–Trinajstić information content (AvgIpc) is 2.26. The summed E-state index contributed by atoms with van der Waals surface area (Å²) >= 11 is 0. The molecule has 2 saturated carbocycles. The summed E-state index contributed by atoms with van der Waals surface area (Å²) in [7, 11) is -1.94. The van der Waals surface area contributed by atoms with Crippen molar-refractivity contribution in [3.8, 4) is 0 Å². The fourth-order valence-electron chi connectivity index (χ4n) is 4.09. The molecule has 112 valence electrons. The van der Waals surface area contributed by atoms with Crippen LogP contribution >= 0.6 is 0 Å². The molecule has 0 unspecified atom stereocenters. The first-order valence-corrected chi connectivity index (χ1v) is 10.4. The molecule has 0 aromatic rings. The molecule has 0 saturated heterocycles. The predicted octanol–water partition coefficient (Wildman–Crippen LogP) is 4.88. The lowest BCUT2D eigenvalue weighted by Gasteiger charge is -2.53. The van der Waals surface area contributed by atoms with Crippen LogP contribution in [0.1, 0.15) is 66.2 Å². The zero-order valence-electron chi connectivity index (χ0n) is 13.3. The van der Waals surface area contributed by atoms with Gasteiger partial charge in [0.15, 0.2) is 0 Å². The van der Waals surface area contributed by atoms with Gasteiger partial charge < -0.3 is 8.85 Å². The van der Waals surface area contributed by atoms with Crippen LogP contribution in [0.25, 0.3) is 0 Å². The zero-order chi connectivity index (χ0) is 13.9. The summed E-state index contributed by atoms with van der Waals surface area (Å²) in [5.74, 6) is 1.89. The minimum absolute atomic E-state index is 0.778. The maximum atomic E-state index is 6.38. The summed E-state index contributed by atoms with van der Waals surface area (Å²) in [5, 5.41) is 0. The quantitative estimate of drug-likeness (QED) is 0.591. The molecule has 0 atom stereocenters. The highest BCUT2D eigenvalue weighted by Gasteiger charge is 2.58. The first kappa shape index (κ1) is 15.5. The topological polar surface area (TPSA) is 18.5 Å². The van der Waals surface area contributed by atoms with E-state index in [1.807, 2.05) is 0 Å². The maximum Gasteiger partial charge on any atom is 0.344 e. The second-order valence-corrected chi connectivity index (χ2v) is 10.1. The van der Waals surface area contributed by atoms with E-state index in [0.717, 1.165) is 36.1 Å². The van der Waals surface area contributed by atoms with E-state index < -0.39 is 8.56 Å². The van der Waals surface area contributed by atoms with Crippen molar-refractivity contribution < 1.29 is 8.85 Å². The molecule has 0 heterocycles. The average molecular weight is 285 g/mol. The highest BCUT2D eigenvalue weighted by Crippen LogP contribution is 2.58. The van der Waals surface area contributed by atoms with Gasteiger partial charge in [0, 0.05) is 24.3 Å². The van der Waals surface area contributed by atoms with Gasteiger partial charge in [-0.1, -0.05) is 26.7 Å². The van der Waals surface area contributed by atoms with Crippen LogP contribution < -0.4 is 0 Å². The van der Waals surface area contributed by atoms with Gasteiger partial charge in [0.25, 0.3) is 0 Å². The van der Waals surface area contributed by atoms with E-state index in [1.165, 1.54) is 38.5 Å². The molecule has 0 spiro atoms. The lowest BCUT2D eigenvalue weighted by molar-refractivity contribution is 0.105. The Kier molecular flexibility index (Phi) is 5.50. The van der Waals surface area contributed by atoms with Crippen molar-refractivity contribution in [2.75, 3.05) is 13.2 Å². The van der Waals surface area contributed by atoms with Crippen molar-refractivity contribution in [1.82, 2.24) is 0 Å². The Hall–Kier alpha value is 0.137. The lowest BCUT2D eigenvalue weighted by Crippen LogP contribution is -2.57. The van der Waals surface area contributed by atoms with E-state index >= 15 is 0 Å². The van der Waals surface area contributed by atoms with Gasteiger partial charge in [-0.2, -0.15) is 0 Å². The maximum absolute atomic E-state index is 6.38. The molecule has 3 heteroatoms. The highest BCUT2D eigenvalue weighted by atomic mass is 28.4. The third-order valence-corrected chi connectivity index (χ3v) is 10.2. The molecule has 2 nitrogen and oxygen atoms in total. The summed E-state index contributed by atoms with van der Waals surface area (Å²) < 4.78 is 12.8. The Morgan fingerprint density at radius 1 is 0.737 bits per heavy atom. The zero-order valence-corrected chi connectivity index (χ0v) is 14.3. The van der Waals surface area contributed by atoms with Crippen LogP contribution in [0.2, 0.25) is 11.1 Å². The fourth-order valence-corrected chi connectivity index (χ4v) is 9.34. The third-order valence-electron chi connectivity index (χ3n) is 5.50. The van der Waals surface area contributed by atoms with Gasteiger partial charge in [-0.15, -0.1) is 0 Å². The van der Waals surface area contributed by atoms with Crippen LogP contribution in [0.4, 0.5) is 0 Å². The second kappa shape index (κ2) is 6.73. The summed E-state index contributed by atoms with van der Waals surface area (Å²) in [6.07, 6.45) is 8.15. The van der Waals surface area contributed by atoms with E-state index in [-0.39, 0.29) is 0 Å². The van der Waals surface area contributed by atoms with Crippen LogP contribution in [0.3, 0.4) is 0 Å². The Bertz CT molecular complexity index is 242. The van der Waals surface area contributed by atoms with Gasteiger partial charge in [-0.25, -0.2) is 0 Å². The molecule has 0 aromatic carbocycles.